The van der Waals surface area contributed by atoms with E-state index in [1.807, 2.05) is 12.1 Å². The number of para-hydroxylation sites is 1. The molecule has 21 heavy (non-hydrogen) atoms. The van der Waals surface area contributed by atoms with Gasteiger partial charge in [-0.25, -0.2) is 8.42 Å². The Labute approximate surface area is 131 Å². The van der Waals surface area contributed by atoms with Crippen molar-refractivity contribution < 1.29 is 8.42 Å². The first-order valence-corrected chi connectivity index (χ1v) is 8.25. The van der Waals surface area contributed by atoms with Crippen molar-refractivity contribution in [3.63, 3.8) is 0 Å². The molecule has 0 aliphatic carbocycles. The molecule has 7 heteroatoms. The summed E-state index contributed by atoms with van der Waals surface area (Å²) in [5.41, 5.74) is 1.18. The van der Waals surface area contributed by atoms with Crippen molar-refractivity contribution in [2.75, 3.05) is 4.72 Å². The lowest BCUT2D eigenvalue weighted by Crippen LogP contribution is -2.13. The third-order valence-electron chi connectivity index (χ3n) is 2.98. The number of nitrogens with one attached hydrogen (secondary N) is 2. The van der Waals surface area contributed by atoms with Crippen LogP contribution in [0.25, 0.3) is 10.9 Å². The van der Waals surface area contributed by atoms with E-state index in [1.165, 1.54) is 18.2 Å². The normalized spacial score (nSPS) is 11.7. The Bertz CT molecular complexity index is 899. The molecule has 1 heterocycles. The minimum atomic E-state index is -3.77. The first kappa shape index (κ1) is 14.3. The molecule has 0 spiro atoms. The van der Waals surface area contributed by atoms with E-state index in [0.717, 1.165) is 5.39 Å². The van der Waals surface area contributed by atoms with Gasteiger partial charge in [-0.15, -0.1) is 0 Å². The highest BCUT2D eigenvalue weighted by atomic mass is 35.5. The lowest BCUT2D eigenvalue weighted by Gasteiger charge is -2.10. The van der Waals surface area contributed by atoms with Gasteiger partial charge in [0.15, 0.2) is 0 Å². The van der Waals surface area contributed by atoms with Gasteiger partial charge in [0, 0.05) is 21.6 Å². The zero-order valence-corrected chi connectivity index (χ0v) is 12.9. The third kappa shape index (κ3) is 2.85. The summed E-state index contributed by atoms with van der Waals surface area (Å²) in [6.45, 7) is 0. The molecule has 0 aliphatic rings. The van der Waals surface area contributed by atoms with Gasteiger partial charge >= 0.3 is 0 Å². The average Bonchev–Trinajstić information content (AvgIpc) is 2.86. The molecule has 0 unspecified atom stereocenters. The molecule has 0 fully saturated rings. The number of hydrogen-bond donors (Lipinski definition) is 2. The number of aromatic nitrogens is 1. The molecule has 2 aromatic carbocycles. The van der Waals surface area contributed by atoms with Gasteiger partial charge in [-0.2, -0.15) is 0 Å². The van der Waals surface area contributed by atoms with Crippen LogP contribution < -0.4 is 4.72 Å². The van der Waals surface area contributed by atoms with E-state index in [0.29, 0.717) is 11.2 Å². The van der Waals surface area contributed by atoms with Crippen molar-refractivity contribution >= 4 is 49.8 Å². The van der Waals surface area contributed by atoms with Crippen molar-refractivity contribution in [1.29, 1.82) is 0 Å². The lowest BCUT2D eigenvalue weighted by molar-refractivity contribution is 0.601. The highest BCUT2D eigenvalue weighted by molar-refractivity contribution is 7.92. The molecule has 108 valence electrons. The summed E-state index contributed by atoms with van der Waals surface area (Å²) in [4.78, 5) is 3.02. The SMILES string of the molecule is O=S(=O)(Nc1cccc2cc[nH]c12)c1cc(Cl)cc(Cl)c1. The van der Waals surface area contributed by atoms with E-state index < -0.39 is 10.0 Å². The fourth-order valence-corrected chi connectivity index (χ4v) is 3.85. The van der Waals surface area contributed by atoms with E-state index in [4.69, 9.17) is 23.2 Å². The molecular weight excluding hydrogens is 331 g/mol. The predicted octanol–water partition coefficient (Wildman–Crippen LogP) is 4.28. The Morgan fingerprint density at radius 1 is 1.00 bits per heavy atom. The average molecular weight is 341 g/mol. The molecule has 0 aliphatic heterocycles. The van der Waals surface area contributed by atoms with Crippen LogP contribution in [0.15, 0.2) is 53.6 Å². The van der Waals surface area contributed by atoms with Crippen LogP contribution in [0.2, 0.25) is 10.0 Å². The summed E-state index contributed by atoms with van der Waals surface area (Å²) >= 11 is 11.7. The first-order chi connectivity index (χ1) is 9.95. The van der Waals surface area contributed by atoms with Crippen molar-refractivity contribution in [2.24, 2.45) is 0 Å². The summed E-state index contributed by atoms with van der Waals surface area (Å²) in [6, 6.07) is 11.4. The third-order valence-corrected chi connectivity index (χ3v) is 4.76. The number of hydrogen-bond acceptors (Lipinski definition) is 2. The van der Waals surface area contributed by atoms with Crippen molar-refractivity contribution in [3.8, 4) is 0 Å². The van der Waals surface area contributed by atoms with E-state index in [9.17, 15) is 8.42 Å². The largest absolute Gasteiger partial charge is 0.359 e. The molecule has 0 saturated carbocycles. The number of H-pyrrole nitrogens is 1. The van der Waals surface area contributed by atoms with Gasteiger partial charge in [-0.1, -0.05) is 35.3 Å². The Hall–Kier alpha value is -1.69. The van der Waals surface area contributed by atoms with Crippen molar-refractivity contribution in [3.05, 3.63) is 58.7 Å². The molecule has 3 rings (SSSR count). The lowest BCUT2D eigenvalue weighted by atomic mass is 10.2. The zero-order chi connectivity index (χ0) is 15.0. The molecule has 0 radical (unpaired) electrons. The maximum absolute atomic E-state index is 12.4. The number of sulfonamides is 1. The Morgan fingerprint density at radius 2 is 1.71 bits per heavy atom. The van der Waals surface area contributed by atoms with Gasteiger partial charge in [0.1, 0.15) is 0 Å². The molecule has 2 N–H and O–H groups in total. The number of rotatable bonds is 3. The molecule has 0 amide bonds. The summed E-state index contributed by atoms with van der Waals surface area (Å²) in [5.74, 6) is 0. The molecule has 0 atom stereocenters. The second-order valence-electron chi connectivity index (χ2n) is 4.46. The molecule has 4 nitrogen and oxygen atoms in total. The quantitative estimate of drug-likeness (QED) is 0.747. The summed E-state index contributed by atoms with van der Waals surface area (Å²) < 4.78 is 27.4. The van der Waals surface area contributed by atoms with Gasteiger partial charge in [0.05, 0.1) is 16.1 Å². The fraction of sp³-hybridized carbons (Fsp3) is 0. The van der Waals surface area contributed by atoms with Crippen LogP contribution in [-0.4, -0.2) is 13.4 Å². The Morgan fingerprint density at radius 3 is 2.43 bits per heavy atom. The first-order valence-electron chi connectivity index (χ1n) is 6.01. The number of benzene rings is 2. The van der Waals surface area contributed by atoms with Gasteiger partial charge in [0.2, 0.25) is 0 Å². The van der Waals surface area contributed by atoms with E-state index in [1.54, 1.807) is 18.3 Å². The van der Waals surface area contributed by atoms with Crippen LogP contribution in [0.4, 0.5) is 5.69 Å². The van der Waals surface area contributed by atoms with Crippen molar-refractivity contribution in [2.45, 2.75) is 4.90 Å². The van der Waals surface area contributed by atoms with Gasteiger partial charge in [-0.3, -0.25) is 4.72 Å². The summed E-state index contributed by atoms with van der Waals surface area (Å²) in [5, 5.41) is 1.45. The standard InChI is InChI=1S/C14H10Cl2N2O2S/c15-10-6-11(16)8-12(7-10)21(19,20)18-13-3-1-2-9-4-5-17-14(9)13/h1-8,17-18H. The topological polar surface area (TPSA) is 62.0 Å². The number of fused-ring (bicyclic) bond motifs is 1. The van der Waals surface area contributed by atoms with E-state index in [2.05, 4.69) is 9.71 Å². The van der Waals surface area contributed by atoms with Crippen LogP contribution in [0.3, 0.4) is 0 Å². The fourth-order valence-electron chi connectivity index (χ4n) is 2.06. The summed E-state index contributed by atoms with van der Waals surface area (Å²) in [7, 11) is -3.77. The second kappa shape index (κ2) is 5.26. The Kier molecular flexibility index (Phi) is 3.57. The van der Waals surface area contributed by atoms with Crippen LogP contribution in [-0.2, 0) is 10.0 Å². The highest BCUT2D eigenvalue weighted by Crippen LogP contribution is 2.27. The predicted molar refractivity (Wildman–Crippen MR) is 85.6 cm³/mol. The van der Waals surface area contributed by atoms with Crippen LogP contribution >= 0.6 is 23.2 Å². The zero-order valence-electron chi connectivity index (χ0n) is 10.6. The Balaban J connectivity index is 2.05. The van der Waals surface area contributed by atoms with Crippen LogP contribution in [0, 0.1) is 0 Å². The molecule has 0 bridgehead atoms. The second-order valence-corrected chi connectivity index (χ2v) is 7.01. The minimum Gasteiger partial charge on any atom is -0.359 e. The molecule has 3 aromatic rings. The smallest absolute Gasteiger partial charge is 0.262 e. The van der Waals surface area contributed by atoms with Crippen LogP contribution in [0.1, 0.15) is 0 Å². The van der Waals surface area contributed by atoms with Crippen LogP contribution in [0.5, 0.6) is 0 Å². The monoisotopic (exact) mass is 340 g/mol. The highest BCUT2D eigenvalue weighted by Gasteiger charge is 2.17. The number of anilines is 1. The van der Waals surface area contributed by atoms with Gasteiger partial charge in [-0.05, 0) is 30.3 Å². The van der Waals surface area contributed by atoms with Crippen molar-refractivity contribution in [1.82, 2.24) is 4.98 Å². The molecular formula is C14H10Cl2N2O2S. The van der Waals surface area contributed by atoms with Gasteiger partial charge < -0.3 is 4.98 Å². The summed E-state index contributed by atoms with van der Waals surface area (Å²) in [6.07, 6.45) is 1.75. The molecule has 0 saturated heterocycles. The minimum absolute atomic E-state index is 0.0172. The van der Waals surface area contributed by atoms with E-state index >= 15 is 0 Å². The maximum atomic E-state index is 12.4. The maximum Gasteiger partial charge on any atom is 0.262 e. The number of aromatic amines is 1. The van der Waals surface area contributed by atoms with Gasteiger partial charge in [0.25, 0.3) is 10.0 Å². The molecule has 1 aromatic heterocycles. The number of halogens is 2. The van der Waals surface area contributed by atoms with E-state index in [-0.39, 0.29) is 14.9 Å².